The molecule has 0 fully saturated rings. The van der Waals surface area contributed by atoms with Crippen LogP contribution in [0.5, 0.6) is 0 Å². The van der Waals surface area contributed by atoms with Gasteiger partial charge in [0, 0.05) is 12.8 Å². The Morgan fingerprint density at radius 1 is 1.43 bits per heavy atom. The van der Waals surface area contributed by atoms with Gasteiger partial charge in [-0.05, 0) is 31.3 Å². The lowest BCUT2D eigenvalue weighted by Gasteiger charge is -2.28. The van der Waals surface area contributed by atoms with Crippen LogP contribution in [0.4, 0.5) is 0 Å². The molecule has 0 saturated heterocycles. The summed E-state index contributed by atoms with van der Waals surface area (Å²) in [5.41, 5.74) is 1.22. The predicted octanol–water partition coefficient (Wildman–Crippen LogP) is 2.67. The Bertz CT molecular complexity index is 285. The molecule has 0 radical (unpaired) electrons. The highest BCUT2D eigenvalue weighted by Gasteiger charge is 2.26. The van der Waals surface area contributed by atoms with Crippen LogP contribution >= 0.6 is 0 Å². The van der Waals surface area contributed by atoms with E-state index in [4.69, 9.17) is 0 Å². The zero-order chi connectivity index (χ0) is 10.8. The van der Waals surface area contributed by atoms with Crippen molar-refractivity contribution in [2.45, 2.75) is 46.5 Å². The first-order chi connectivity index (χ1) is 6.39. The second kappa shape index (κ2) is 4.07. The molecule has 2 heteroatoms. The summed E-state index contributed by atoms with van der Waals surface area (Å²) in [7, 11) is 0. The molecule has 1 rings (SSSR count). The quantitative estimate of drug-likeness (QED) is 0.692. The summed E-state index contributed by atoms with van der Waals surface area (Å²) in [6.07, 6.45) is 4.64. The summed E-state index contributed by atoms with van der Waals surface area (Å²) in [6, 6.07) is 0. The third-order valence-electron chi connectivity index (χ3n) is 2.52. The number of rotatable bonds is 3. The molecule has 0 aliphatic heterocycles. The summed E-state index contributed by atoms with van der Waals surface area (Å²) < 4.78 is 0. The molecule has 2 nitrogen and oxygen atoms in total. The predicted molar refractivity (Wildman–Crippen MR) is 56.0 cm³/mol. The average Bonchev–Trinajstić information content (AvgIpc) is 1.96. The fraction of sp³-hybridized carbons (Fsp3) is 0.667. The molecule has 0 bridgehead atoms. The molecule has 0 amide bonds. The van der Waals surface area contributed by atoms with Crippen molar-refractivity contribution in [2.24, 2.45) is 5.41 Å². The summed E-state index contributed by atoms with van der Waals surface area (Å²) >= 11 is 0. The van der Waals surface area contributed by atoms with Crippen LogP contribution < -0.4 is 0 Å². The molecule has 0 unspecified atom stereocenters. The SMILES string of the molecule is CC(=O)CCC1=CC(=O)CC(C)(C)C1. The van der Waals surface area contributed by atoms with Gasteiger partial charge in [0.15, 0.2) is 5.78 Å². The van der Waals surface area contributed by atoms with Gasteiger partial charge in [0.25, 0.3) is 0 Å². The van der Waals surface area contributed by atoms with Gasteiger partial charge in [-0.1, -0.05) is 19.4 Å². The van der Waals surface area contributed by atoms with E-state index in [0.29, 0.717) is 12.8 Å². The van der Waals surface area contributed by atoms with Gasteiger partial charge in [-0.2, -0.15) is 0 Å². The van der Waals surface area contributed by atoms with Crippen molar-refractivity contribution in [1.82, 2.24) is 0 Å². The Morgan fingerprint density at radius 2 is 2.07 bits per heavy atom. The lowest BCUT2D eigenvalue weighted by molar-refractivity contribution is -0.118. The normalized spacial score (nSPS) is 20.5. The van der Waals surface area contributed by atoms with Crippen molar-refractivity contribution in [3.8, 4) is 0 Å². The lowest BCUT2D eigenvalue weighted by atomic mass is 9.76. The van der Waals surface area contributed by atoms with Gasteiger partial charge in [-0.15, -0.1) is 0 Å². The smallest absolute Gasteiger partial charge is 0.156 e. The number of ketones is 2. The number of carbonyl (C=O) groups is 2. The van der Waals surface area contributed by atoms with Gasteiger partial charge in [0.1, 0.15) is 5.78 Å². The minimum atomic E-state index is 0.0813. The topological polar surface area (TPSA) is 34.1 Å². The maximum absolute atomic E-state index is 11.4. The molecule has 0 heterocycles. The number of hydrogen-bond donors (Lipinski definition) is 0. The first-order valence-electron chi connectivity index (χ1n) is 5.11. The third kappa shape index (κ3) is 3.44. The summed E-state index contributed by atoms with van der Waals surface area (Å²) in [4.78, 5) is 22.2. The van der Waals surface area contributed by atoms with E-state index in [9.17, 15) is 9.59 Å². The highest BCUT2D eigenvalue weighted by molar-refractivity contribution is 5.92. The van der Waals surface area contributed by atoms with Gasteiger partial charge >= 0.3 is 0 Å². The number of hydrogen-bond acceptors (Lipinski definition) is 2. The zero-order valence-corrected chi connectivity index (χ0v) is 9.22. The molecule has 0 spiro atoms. The van der Waals surface area contributed by atoms with Crippen LogP contribution in [0.25, 0.3) is 0 Å². The molecule has 1 aliphatic carbocycles. The second-order valence-electron chi connectivity index (χ2n) is 4.99. The van der Waals surface area contributed by atoms with Gasteiger partial charge in [-0.3, -0.25) is 4.79 Å². The van der Waals surface area contributed by atoms with Gasteiger partial charge < -0.3 is 4.79 Å². The van der Waals surface area contributed by atoms with E-state index in [-0.39, 0.29) is 17.0 Å². The highest BCUT2D eigenvalue weighted by Crippen LogP contribution is 2.35. The van der Waals surface area contributed by atoms with Crippen LogP contribution in [-0.2, 0) is 9.59 Å². The molecule has 0 aromatic heterocycles. The van der Waals surface area contributed by atoms with Gasteiger partial charge in [-0.25, -0.2) is 0 Å². The van der Waals surface area contributed by atoms with E-state index >= 15 is 0 Å². The van der Waals surface area contributed by atoms with E-state index in [0.717, 1.165) is 18.4 Å². The summed E-state index contributed by atoms with van der Waals surface area (Å²) in [5, 5.41) is 0. The summed E-state index contributed by atoms with van der Waals surface area (Å²) in [6.45, 7) is 5.80. The molecule has 1 aliphatic rings. The van der Waals surface area contributed by atoms with Crippen LogP contribution in [0.3, 0.4) is 0 Å². The number of carbonyl (C=O) groups excluding carboxylic acids is 2. The van der Waals surface area contributed by atoms with Crippen molar-refractivity contribution >= 4 is 11.6 Å². The molecular formula is C12H18O2. The molecule has 0 atom stereocenters. The first-order valence-corrected chi connectivity index (χ1v) is 5.11. The van der Waals surface area contributed by atoms with Crippen molar-refractivity contribution in [1.29, 1.82) is 0 Å². The Balaban J connectivity index is 2.60. The molecule has 0 saturated carbocycles. The fourth-order valence-electron chi connectivity index (χ4n) is 1.98. The highest BCUT2D eigenvalue weighted by atomic mass is 16.1. The largest absolute Gasteiger partial charge is 0.300 e. The second-order valence-corrected chi connectivity index (χ2v) is 4.99. The lowest BCUT2D eigenvalue weighted by Crippen LogP contribution is -2.21. The van der Waals surface area contributed by atoms with Crippen LogP contribution in [0.2, 0.25) is 0 Å². The van der Waals surface area contributed by atoms with E-state index in [1.54, 1.807) is 13.0 Å². The van der Waals surface area contributed by atoms with Crippen LogP contribution in [0, 0.1) is 5.41 Å². The van der Waals surface area contributed by atoms with Crippen LogP contribution in [0.15, 0.2) is 11.6 Å². The van der Waals surface area contributed by atoms with Crippen LogP contribution in [0.1, 0.15) is 46.5 Å². The Hall–Kier alpha value is -0.920. The van der Waals surface area contributed by atoms with Crippen molar-refractivity contribution < 1.29 is 9.59 Å². The van der Waals surface area contributed by atoms with Gasteiger partial charge in [0.2, 0.25) is 0 Å². The van der Waals surface area contributed by atoms with Crippen LogP contribution in [-0.4, -0.2) is 11.6 Å². The van der Waals surface area contributed by atoms with Crippen molar-refractivity contribution in [3.63, 3.8) is 0 Å². The van der Waals surface area contributed by atoms with Gasteiger partial charge in [0.05, 0.1) is 0 Å². The van der Waals surface area contributed by atoms with Crippen molar-refractivity contribution in [2.75, 3.05) is 0 Å². The average molecular weight is 194 g/mol. The number of allylic oxidation sites excluding steroid dienone is 2. The summed E-state index contributed by atoms with van der Waals surface area (Å²) in [5.74, 6) is 0.404. The Morgan fingerprint density at radius 3 is 2.57 bits per heavy atom. The molecule has 78 valence electrons. The molecule has 0 aromatic rings. The Labute approximate surface area is 85.4 Å². The molecule has 14 heavy (non-hydrogen) atoms. The van der Waals surface area contributed by atoms with E-state index in [1.807, 2.05) is 0 Å². The Kier molecular flexibility index (Phi) is 3.25. The molecular weight excluding hydrogens is 176 g/mol. The first kappa shape index (κ1) is 11.2. The van der Waals surface area contributed by atoms with Crippen molar-refractivity contribution in [3.05, 3.63) is 11.6 Å². The third-order valence-corrected chi connectivity index (χ3v) is 2.52. The minimum absolute atomic E-state index is 0.0813. The maximum atomic E-state index is 11.4. The minimum Gasteiger partial charge on any atom is -0.300 e. The molecule has 0 aromatic carbocycles. The standard InChI is InChI=1S/C12H18O2/c1-9(13)4-5-10-6-11(14)8-12(2,3)7-10/h6H,4-5,7-8H2,1-3H3. The number of Topliss-reactive ketones (excluding diaryl/α,β-unsaturated/α-hetero) is 1. The monoisotopic (exact) mass is 194 g/mol. The fourth-order valence-corrected chi connectivity index (χ4v) is 1.98. The van der Waals surface area contributed by atoms with E-state index in [2.05, 4.69) is 13.8 Å². The maximum Gasteiger partial charge on any atom is 0.156 e. The van der Waals surface area contributed by atoms with E-state index in [1.165, 1.54) is 0 Å². The van der Waals surface area contributed by atoms with E-state index < -0.39 is 0 Å². The zero-order valence-electron chi connectivity index (χ0n) is 9.22. The molecule has 0 N–H and O–H groups in total.